The fourth-order valence-corrected chi connectivity index (χ4v) is 1.66. The summed E-state index contributed by atoms with van der Waals surface area (Å²) in [4.78, 5) is 20.1. The average molecular weight is 313 g/mol. The van der Waals surface area contributed by atoms with Crippen LogP contribution in [-0.4, -0.2) is 10.8 Å². The van der Waals surface area contributed by atoms with Crippen LogP contribution in [0.15, 0.2) is 16.6 Å². The first-order valence-corrected chi connectivity index (χ1v) is 4.79. The molecule has 0 aliphatic carbocycles. The summed E-state index contributed by atoms with van der Waals surface area (Å²) in [6, 6.07) is 0.952. The van der Waals surface area contributed by atoms with Gasteiger partial charge in [0.05, 0.1) is 10.5 Å². The van der Waals surface area contributed by atoms with Crippen molar-refractivity contribution < 1.29 is 22.9 Å². The van der Waals surface area contributed by atoms with Gasteiger partial charge in [0, 0.05) is 10.5 Å². The Bertz CT molecular complexity index is 502. The van der Waals surface area contributed by atoms with Crippen LogP contribution in [0.3, 0.4) is 0 Å². The van der Waals surface area contributed by atoms with E-state index < -0.39 is 33.8 Å². The van der Waals surface area contributed by atoms with Gasteiger partial charge in [0.2, 0.25) is 5.91 Å². The van der Waals surface area contributed by atoms with Gasteiger partial charge in [-0.3, -0.25) is 14.9 Å². The molecule has 1 aromatic rings. The van der Waals surface area contributed by atoms with Crippen LogP contribution >= 0.6 is 15.9 Å². The number of nitro groups is 1. The molecule has 0 aromatic heterocycles. The second-order valence-electron chi connectivity index (χ2n) is 2.97. The second-order valence-corrected chi connectivity index (χ2v) is 3.82. The molecule has 0 fully saturated rings. The first kappa shape index (κ1) is 13.4. The topological polar surface area (TPSA) is 86.2 Å². The van der Waals surface area contributed by atoms with Gasteiger partial charge in [0.1, 0.15) is 5.56 Å². The van der Waals surface area contributed by atoms with Crippen LogP contribution in [0.5, 0.6) is 0 Å². The molecule has 0 aliphatic rings. The molecule has 0 unspecified atom stereocenters. The van der Waals surface area contributed by atoms with E-state index in [-0.39, 0.29) is 4.47 Å². The Balaban J connectivity index is 3.60. The maximum Gasteiger partial charge on any atom is 0.423 e. The normalized spacial score (nSPS) is 11.3. The van der Waals surface area contributed by atoms with Crippen LogP contribution in [0.4, 0.5) is 18.9 Å². The van der Waals surface area contributed by atoms with E-state index in [0.29, 0.717) is 12.1 Å². The quantitative estimate of drug-likeness (QED) is 0.672. The molecule has 1 rings (SSSR count). The van der Waals surface area contributed by atoms with E-state index in [9.17, 15) is 28.1 Å². The molecule has 0 saturated carbocycles. The number of nitro benzene ring substituents is 1. The van der Waals surface area contributed by atoms with Crippen LogP contribution in [0.25, 0.3) is 0 Å². The highest BCUT2D eigenvalue weighted by molar-refractivity contribution is 9.10. The molecule has 17 heavy (non-hydrogen) atoms. The number of hydrogen-bond acceptors (Lipinski definition) is 3. The number of nitrogens with two attached hydrogens (primary N) is 1. The largest absolute Gasteiger partial charge is 0.423 e. The summed E-state index contributed by atoms with van der Waals surface area (Å²) in [7, 11) is 0. The Morgan fingerprint density at radius 2 is 1.94 bits per heavy atom. The standard InChI is InChI=1S/C8H4BrF3N2O3/c9-5-2-6(14(16)17)4(8(10,11)12)1-3(5)7(13)15/h1-2H,(H2,13,15). The van der Waals surface area contributed by atoms with Gasteiger partial charge in [-0.1, -0.05) is 0 Å². The van der Waals surface area contributed by atoms with Crippen LogP contribution < -0.4 is 5.73 Å². The van der Waals surface area contributed by atoms with Gasteiger partial charge in [-0.2, -0.15) is 13.2 Å². The lowest BCUT2D eigenvalue weighted by atomic mass is 10.1. The number of amides is 1. The minimum Gasteiger partial charge on any atom is -0.366 e. The Morgan fingerprint density at radius 3 is 2.29 bits per heavy atom. The number of carbonyl (C=O) groups excluding carboxylic acids is 1. The molecule has 5 nitrogen and oxygen atoms in total. The van der Waals surface area contributed by atoms with E-state index in [1.54, 1.807) is 0 Å². The third kappa shape index (κ3) is 2.73. The smallest absolute Gasteiger partial charge is 0.366 e. The van der Waals surface area contributed by atoms with Gasteiger partial charge in [0.25, 0.3) is 5.69 Å². The van der Waals surface area contributed by atoms with Crippen molar-refractivity contribution in [2.24, 2.45) is 5.73 Å². The van der Waals surface area contributed by atoms with Crippen molar-refractivity contribution in [3.63, 3.8) is 0 Å². The third-order valence-electron chi connectivity index (χ3n) is 1.85. The fraction of sp³-hybridized carbons (Fsp3) is 0.125. The SMILES string of the molecule is NC(=O)c1cc(C(F)(F)F)c([N+](=O)[O-])cc1Br. The van der Waals surface area contributed by atoms with Crippen LogP contribution in [0.2, 0.25) is 0 Å². The molecule has 0 atom stereocenters. The van der Waals surface area contributed by atoms with Crippen molar-refractivity contribution >= 4 is 27.5 Å². The summed E-state index contributed by atoms with van der Waals surface area (Å²) in [5, 5.41) is 10.5. The molecule has 2 N–H and O–H groups in total. The molecule has 1 amide bonds. The highest BCUT2D eigenvalue weighted by Gasteiger charge is 2.39. The molecule has 1 aromatic carbocycles. The minimum atomic E-state index is -4.94. The number of hydrogen-bond donors (Lipinski definition) is 1. The molecule has 0 heterocycles. The van der Waals surface area contributed by atoms with Gasteiger partial charge < -0.3 is 5.73 Å². The molecule has 0 spiro atoms. The second kappa shape index (κ2) is 4.32. The summed E-state index contributed by atoms with van der Waals surface area (Å²) in [6.45, 7) is 0. The van der Waals surface area contributed by atoms with Crippen molar-refractivity contribution in [3.05, 3.63) is 37.8 Å². The predicted octanol–water partition coefficient (Wildman–Crippen LogP) is 2.48. The van der Waals surface area contributed by atoms with Gasteiger partial charge in [-0.15, -0.1) is 0 Å². The van der Waals surface area contributed by atoms with Crippen LogP contribution in [0.1, 0.15) is 15.9 Å². The number of halogens is 4. The molecule has 0 bridgehead atoms. The Kier molecular flexibility index (Phi) is 3.41. The van der Waals surface area contributed by atoms with Gasteiger partial charge in [0.15, 0.2) is 0 Å². The van der Waals surface area contributed by atoms with E-state index in [1.807, 2.05) is 0 Å². The first-order valence-electron chi connectivity index (χ1n) is 3.99. The van der Waals surface area contributed by atoms with E-state index in [1.165, 1.54) is 0 Å². The van der Waals surface area contributed by atoms with Gasteiger partial charge in [-0.05, 0) is 22.0 Å². The van der Waals surface area contributed by atoms with E-state index >= 15 is 0 Å². The van der Waals surface area contributed by atoms with Gasteiger partial charge >= 0.3 is 6.18 Å². The highest BCUT2D eigenvalue weighted by atomic mass is 79.9. The summed E-state index contributed by atoms with van der Waals surface area (Å²) >= 11 is 2.74. The zero-order chi connectivity index (χ0) is 13.4. The number of primary amides is 1. The van der Waals surface area contributed by atoms with Crippen LogP contribution in [-0.2, 0) is 6.18 Å². The van der Waals surface area contributed by atoms with Crippen molar-refractivity contribution in [3.8, 4) is 0 Å². The number of carbonyl (C=O) groups is 1. The fourth-order valence-electron chi connectivity index (χ4n) is 1.13. The van der Waals surface area contributed by atoms with Gasteiger partial charge in [-0.25, -0.2) is 0 Å². The van der Waals surface area contributed by atoms with Crippen molar-refractivity contribution in [2.45, 2.75) is 6.18 Å². The monoisotopic (exact) mass is 312 g/mol. The number of benzene rings is 1. The Labute approximate surface area is 101 Å². The average Bonchev–Trinajstić information content (AvgIpc) is 2.14. The maximum atomic E-state index is 12.5. The maximum absolute atomic E-state index is 12.5. The van der Waals surface area contributed by atoms with Crippen molar-refractivity contribution in [1.82, 2.24) is 0 Å². The third-order valence-corrected chi connectivity index (χ3v) is 2.51. The summed E-state index contributed by atoms with van der Waals surface area (Å²) in [5.74, 6) is -1.11. The van der Waals surface area contributed by atoms with Crippen molar-refractivity contribution in [1.29, 1.82) is 0 Å². The number of alkyl halides is 3. The predicted molar refractivity (Wildman–Crippen MR) is 54.3 cm³/mol. The lowest BCUT2D eigenvalue weighted by Gasteiger charge is -2.09. The molecule has 9 heteroatoms. The zero-order valence-electron chi connectivity index (χ0n) is 7.92. The lowest BCUT2D eigenvalue weighted by Crippen LogP contribution is -2.16. The summed E-state index contributed by atoms with van der Waals surface area (Å²) < 4.78 is 37.4. The molecule has 0 saturated heterocycles. The first-order chi connectivity index (χ1) is 7.64. The lowest BCUT2D eigenvalue weighted by molar-refractivity contribution is -0.388. The molecule has 0 aliphatic heterocycles. The summed E-state index contributed by atoms with van der Waals surface area (Å²) in [5.41, 5.74) is 1.72. The Morgan fingerprint density at radius 1 is 1.41 bits per heavy atom. The molecular weight excluding hydrogens is 309 g/mol. The minimum absolute atomic E-state index is 0.162. The van der Waals surface area contributed by atoms with Crippen molar-refractivity contribution in [2.75, 3.05) is 0 Å². The van der Waals surface area contributed by atoms with E-state index in [0.717, 1.165) is 0 Å². The summed E-state index contributed by atoms with van der Waals surface area (Å²) in [6.07, 6.45) is -4.94. The van der Waals surface area contributed by atoms with E-state index in [2.05, 4.69) is 15.9 Å². The molecule has 0 radical (unpaired) electrons. The number of rotatable bonds is 2. The van der Waals surface area contributed by atoms with E-state index in [4.69, 9.17) is 5.73 Å². The number of nitrogens with zero attached hydrogens (tertiary/aromatic N) is 1. The highest BCUT2D eigenvalue weighted by Crippen LogP contribution is 2.38. The Hall–Kier alpha value is -1.64. The molecular formula is C8H4BrF3N2O3. The zero-order valence-corrected chi connectivity index (χ0v) is 9.50. The van der Waals surface area contributed by atoms with Crippen LogP contribution in [0, 0.1) is 10.1 Å². The molecule has 92 valence electrons.